The average Bonchev–Trinajstić information content (AvgIpc) is 3.65. The Bertz CT molecular complexity index is 1020. The lowest BCUT2D eigenvalue weighted by atomic mass is 9.98. The van der Waals surface area contributed by atoms with Crippen LogP contribution in [0.2, 0.25) is 0 Å². The molecule has 0 saturated heterocycles. The van der Waals surface area contributed by atoms with E-state index in [1.54, 1.807) is 0 Å². The third-order valence-corrected chi connectivity index (χ3v) is 7.22. The lowest BCUT2D eigenvalue weighted by Gasteiger charge is -2.19. The zero-order chi connectivity index (χ0) is 24.8. The number of carboxylic acids is 1. The number of hydrogen-bond donors (Lipinski definition) is 3. The summed E-state index contributed by atoms with van der Waals surface area (Å²) in [5.41, 5.74) is 4.69. The number of rotatable bonds is 12. The van der Waals surface area contributed by atoms with Gasteiger partial charge in [0, 0.05) is 25.4 Å². The number of aliphatic carboxylic acids is 1. The largest absolute Gasteiger partial charge is 0.481 e. The maximum Gasteiger partial charge on any atom is 0.407 e. The first kappa shape index (κ1) is 24.8. The summed E-state index contributed by atoms with van der Waals surface area (Å²) in [6.07, 6.45) is 2.69. The van der Waals surface area contributed by atoms with E-state index in [4.69, 9.17) is 9.84 Å². The molecule has 0 aromatic heterocycles. The molecule has 0 spiro atoms. The summed E-state index contributed by atoms with van der Waals surface area (Å²) in [5, 5.41) is 14.8. The maximum absolute atomic E-state index is 12.4. The van der Waals surface area contributed by atoms with E-state index in [1.165, 1.54) is 11.1 Å². The highest BCUT2D eigenvalue weighted by molar-refractivity contribution is 5.79. The van der Waals surface area contributed by atoms with E-state index < -0.39 is 12.1 Å². The Morgan fingerprint density at radius 1 is 0.943 bits per heavy atom. The van der Waals surface area contributed by atoms with Crippen LogP contribution in [-0.4, -0.2) is 42.8 Å². The number of ether oxygens (including phenoxy) is 1. The SMILES string of the molecule is CCC(CNC(=O)OCC1c2ccccc2-c2ccccc21)CC(=O)NCC(CC(=O)O)C1CC1. The third kappa shape index (κ3) is 6.41. The van der Waals surface area contributed by atoms with Crippen molar-refractivity contribution >= 4 is 18.0 Å². The molecule has 0 radical (unpaired) electrons. The molecule has 2 aromatic rings. The van der Waals surface area contributed by atoms with Gasteiger partial charge in [-0.05, 0) is 52.8 Å². The van der Waals surface area contributed by atoms with Crippen molar-refractivity contribution in [2.24, 2.45) is 17.8 Å². The van der Waals surface area contributed by atoms with Gasteiger partial charge in [0.1, 0.15) is 6.61 Å². The fraction of sp³-hybridized carbons (Fsp3) is 0.464. The van der Waals surface area contributed by atoms with Crippen molar-refractivity contribution < 1.29 is 24.2 Å². The van der Waals surface area contributed by atoms with Crippen LogP contribution in [0.1, 0.15) is 56.1 Å². The minimum atomic E-state index is -0.824. The summed E-state index contributed by atoms with van der Waals surface area (Å²) in [7, 11) is 0. The van der Waals surface area contributed by atoms with Crippen LogP contribution in [0.15, 0.2) is 48.5 Å². The second-order valence-corrected chi connectivity index (χ2v) is 9.68. The summed E-state index contributed by atoms with van der Waals surface area (Å²) < 4.78 is 5.58. The van der Waals surface area contributed by atoms with Gasteiger partial charge in [0.05, 0.1) is 6.42 Å². The molecule has 2 unspecified atom stereocenters. The van der Waals surface area contributed by atoms with Crippen LogP contribution in [0.4, 0.5) is 4.79 Å². The van der Waals surface area contributed by atoms with Crippen molar-refractivity contribution in [2.75, 3.05) is 19.7 Å². The van der Waals surface area contributed by atoms with Gasteiger partial charge in [-0.2, -0.15) is 0 Å². The first-order valence-corrected chi connectivity index (χ1v) is 12.5. The molecule has 4 rings (SSSR count). The van der Waals surface area contributed by atoms with Crippen molar-refractivity contribution in [3.63, 3.8) is 0 Å². The Hall–Kier alpha value is -3.35. The predicted octanol–water partition coefficient (Wildman–Crippen LogP) is 4.56. The summed E-state index contributed by atoms with van der Waals surface area (Å²) in [4.78, 5) is 35.9. The van der Waals surface area contributed by atoms with Crippen molar-refractivity contribution in [2.45, 2.75) is 44.9 Å². The van der Waals surface area contributed by atoms with Crippen LogP contribution >= 0.6 is 0 Å². The second kappa shape index (κ2) is 11.4. The molecule has 0 heterocycles. The number of benzene rings is 2. The Morgan fingerprint density at radius 3 is 2.14 bits per heavy atom. The molecule has 2 aromatic carbocycles. The van der Waals surface area contributed by atoms with Crippen molar-refractivity contribution in [1.82, 2.24) is 10.6 Å². The summed E-state index contributed by atoms with van der Waals surface area (Å²) in [6, 6.07) is 16.4. The number of carbonyl (C=O) groups excluding carboxylic acids is 2. The second-order valence-electron chi connectivity index (χ2n) is 9.68. The molecule has 186 valence electrons. The van der Waals surface area contributed by atoms with Gasteiger partial charge in [-0.1, -0.05) is 61.9 Å². The number of alkyl carbamates (subject to hydrolysis) is 1. The van der Waals surface area contributed by atoms with Gasteiger partial charge in [0.2, 0.25) is 5.91 Å². The third-order valence-electron chi connectivity index (χ3n) is 7.22. The lowest BCUT2D eigenvalue weighted by molar-refractivity contribution is -0.138. The van der Waals surface area contributed by atoms with Gasteiger partial charge in [-0.25, -0.2) is 4.79 Å². The smallest absolute Gasteiger partial charge is 0.407 e. The molecule has 0 aliphatic heterocycles. The zero-order valence-corrected chi connectivity index (χ0v) is 20.2. The zero-order valence-electron chi connectivity index (χ0n) is 20.2. The van der Waals surface area contributed by atoms with Gasteiger partial charge in [0.25, 0.3) is 0 Å². The minimum absolute atomic E-state index is 0.00419. The van der Waals surface area contributed by atoms with Crippen LogP contribution in [0.25, 0.3) is 11.1 Å². The van der Waals surface area contributed by atoms with E-state index in [0.29, 0.717) is 19.0 Å². The first-order valence-electron chi connectivity index (χ1n) is 12.5. The number of carboxylic acid groups (broad SMARTS) is 1. The fourth-order valence-electron chi connectivity index (χ4n) is 5.01. The van der Waals surface area contributed by atoms with Gasteiger partial charge < -0.3 is 20.5 Å². The average molecular weight is 479 g/mol. The Labute approximate surface area is 206 Å². The standard InChI is InChI=1S/C28H34N2O5/c1-2-18(13-26(31)29-16-20(14-27(32)33)19-11-12-19)15-30-28(34)35-17-25-23-9-5-3-7-21(23)22-8-4-6-10-24(22)25/h3-10,18-20,25H,2,11-17H2,1H3,(H,29,31)(H,30,34)(H,32,33). The number of amides is 2. The van der Waals surface area contributed by atoms with E-state index in [0.717, 1.165) is 30.4 Å². The summed E-state index contributed by atoms with van der Waals surface area (Å²) >= 11 is 0. The molecule has 7 nitrogen and oxygen atoms in total. The molecule has 2 amide bonds. The van der Waals surface area contributed by atoms with Crippen molar-refractivity contribution in [1.29, 1.82) is 0 Å². The Kier molecular flexibility index (Phi) is 8.06. The van der Waals surface area contributed by atoms with Crippen molar-refractivity contribution in [3.05, 3.63) is 59.7 Å². The number of nitrogens with one attached hydrogen (secondary N) is 2. The highest BCUT2D eigenvalue weighted by atomic mass is 16.5. The molecular weight excluding hydrogens is 444 g/mol. The van der Waals surface area contributed by atoms with Crippen LogP contribution < -0.4 is 10.6 Å². The van der Waals surface area contributed by atoms with Crippen molar-refractivity contribution in [3.8, 4) is 11.1 Å². The highest BCUT2D eigenvalue weighted by Crippen LogP contribution is 2.44. The Morgan fingerprint density at radius 2 is 1.57 bits per heavy atom. The van der Waals surface area contributed by atoms with Gasteiger partial charge in [0.15, 0.2) is 0 Å². The predicted molar refractivity (Wildman–Crippen MR) is 133 cm³/mol. The van der Waals surface area contributed by atoms with Gasteiger partial charge >= 0.3 is 12.1 Å². The maximum atomic E-state index is 12.4. The minimum Gasteiger partial charge on any atom is -0.481 e. The first-order chi connectivity index (χ1) is 17.0. The van der Waals surface area contributed by atoms with E-state index in [-0.39, 0.29) is 43.1 Å². The quantitative estimate of drug-likeness (QED) is 0.415. The fourth-order valence-corrected chi connectivity index (χ4v) is 5.01. The molecule has 1 fully saturated rings. The van der Waals surface area contributed by atoms with E-state index >= 15 is 0 Å². The Balaban J connectivity index is 1.22. The normalized spacial score (nSPS) is 16.0. The monoisotopic (exact) mass is 478 g/mol. The number of carbonyl (C=O) groups is 3. The van der Waals surface area contributed by atoms with Crippen LogP contribution in [0.5, 0.6) is 0 Å². The van der Waals surface area contributed by atoms with E-state index in [1.807, 2.05) is 31.2 Å². The molecule has 2 aliphatic carbocycles. The number of fused-ring (bicyclic) bond motifs is 3. The molecule has 2 aliphatic rings. The molecule has 7 heteroatoms. The lowest BCUT2D eigenvalue weighted by Crippen LogP contribution is -2.35. The molecular formula is C28H34N2O5. The summed E-state index contributed by atoms with van der Waals surface area (Å²) in [5.74, 6) is -0.545. The van der Waals surface area contributed by atoms with Crippen LogP contribution in [0, 0.1) is 17.8 Å². The van der Waals surface area contributed by atoms with E-state index in [2.05, 4.69) is 34.9 Å². The summed E-state index contributed by atoms with van der Waals surface area (Å²) in [6.45, 7) is 2.98. The van der Waals surface area contributed by atoms with Crippen LogP contribution in [0.3, 0.4) is 0 Å². The van der Waals surface area contributed by atoms with E-state index in [9.17, 15) is 14.4 Å². The topological polar surface area (TPSA) is 105 Å². The molecule has 0 bridgehead atoms. The molecule has 3 N–H and O–H groups in total. The molecule has 2 atom stereocenters. The molecule has 35 heavy (non-hydrogen) atoms. The van der Waals surface area contributed by atoms with Gasteiger partial charge in [-0.3, -0.25) is 9.59 Å². The van der Waals surface area contributed by atoms with Gasteiger partial charge in [-0.15, -0.1) is 0 Å². The highest BCUT2D eigenvalue weighted by Gasteiger charge is 2.33. The molecule has 1 saturated carbocycles. The number of hydrogen-bond acceptors (Lipinski definition) is 4. The van der Waals surface area contributed by atoms with Crippen LogP contribution in [-0.2, 0) is 14.3 Å².